The summed E-state index contributed by atoms with van der Waals surface area (Å²) < 4.78 is 40.0. The predicted molar refractivity (Wildman–Crippen MR) is 100 cm³/mol. The number of halogens is 3. The third-order valence-electron chi connectivity index (χ3n) is 4.21. The number of alkyl halides is 2. The molecule has 0 saturated heterocycles. The van der Waals surface area contributed by atoms with E-state index in [-0.39, 0.29) is 18.1 Å². The summed E-state index contributed by atoms with van der Waals surface area (Å²) in [6.07, 6.45) is 0.919. The van der Waals surface area contributed by atoms with Crippen LogP contribution >= 0.6 is 11.6 Å². The number of hydrogen-bond acceptors (Lipinski definition) is 4. The Morgan fingerprint density at radius 1 is 1.18 bits per heavy atom. The van der Waals surface area contributed by atoms with Crippen LogP contribution in [0.25, 0.3) is 0 Å². The Labute approximate surface area is 166 Å². The minimum absolute atomic E-state index is 0.0783. The number of carbonyl (C=O) groups is 1. The molecule has 5 nitrogen and oxygen atoms in total. The van der Waals surface area contributed by atoms with E-state index in [9.17, 15) is 13.6 Å². The second kappa shape index (κ2) is 9.10. The van der Waals surface area contributed by atoms with Crippen LogP contribution in [0.2, 0.25) is 5.02 Å². The van der Waals surface area contributed by atoms with Gasteiger partial charge in [0.05, 0.1) is 24.7 Å². The SMILES string of the molecule is CN(Cc1ccc(OC(F)F)cc1)C(=O)Cc1cc(Cl)c2c(c1)OCCCO2. The number of nitrogens with zero attached hydrogens (tertiary/aromatic N) is 1. The van der Waals surface area contributed by atoms with Gasteiger partial charge in [0.1, 0.15) is 5.75 Å². The van der Waals surface area contributed by atoms with E-state index in [1.807, 2.05) is 0 Å². The van der Waals surface area contributed by atoms with E-state index in [4.69, 9.17) is 21.1 Å². The molecule has 1 aliphatic heterocycles. The normalized spacial score (nSPS) is 13.2. The van der Waals surface area contributed by atoms with E-state index in [0.29, 0.717) is 36.3 Å². The Bertz CT molecular complexity index is 830. The Kier molecular flexibility index (Phi) is 6.57. The Hall–Kier alpha value is -2.54. The molecule has 2 aromatic carbocycles. The highest BCUT2D eigenvalue weighted by atomic mass is 35.5. The molecule has 2 aromatic rings. The van der Waals surface area contributed by atoms with Crippen LogP contribution in [0.3, 0.4) is 0 Å². The summed E-state index contributed by atoms with van der Waals surface area (Å²) in [6.45, 7) is -1.45. The van der Waals surface area contributed by atoms with Gasteiger partial charge in [-0.2, -0.15) is 8.78 Å². The van der Waals surface area contributed by atoms with Gasteiger partial charge in [-0.25, -0.2) is 0 Å². The predicted octanol–water partition coefficient (Wildman–Crippen LogP) is 4.30. The van der Waals surface area contributed by atoms with E-state index in [2.05, 4.69) is 4.74 Å². The van der Waals surface area contributed by atoms with E-state index < -0.39 is 6.61 Å². The first-order valence-corrected chi connectivity index (χ1v) is 9.16. The zero-order valence-electron chi connectivity index (χ0n) is 15.3. The minimum atomic E-state index is -2.86. The highest BCUT2D eigenvalue weighted by Gasteiger charge is 2.18. The van der Waals surface area contributed by atoms with Crippen LogP contribution in [-0.4, -0.2) is 37.7 Å². The molecule has 0 spiro atoms. The molecule has 0 N–H and O–H groups in total. The van der Waals surface area contributed by atoms with Gasteiger partial charge in [0, 0.05) is 20.0 Å². The lowest BCUT2D eigenvalue weighted by Crippen LogP contribution is -2.27. The average Bonchev–Trinajstić information content (AvgIpc) is 2.88. The van der Waals surface area contributed by atoms with Gasteiger partial charge in [-0.05, 0) is 35.4 Å². The van der Waals surface area contributed by atoms with Crippen LogP contribution in [0.15, 0.2) is 36.4 Å². The van der Waals surface area contributed by atoms with Gasteiger partial charge < -0.3 is 19.1 Å². The number of ether oxygens (including phenoxy) is 3. The third kappa shape index (κ3) is 5.25. The molecule has 8 heteroatoms. The van der Waals surface area contributed by atoms with Gasteiger partial charge >= 0.3 is 6.61 Å². The molecule has 0 bridgehead atoms. The average molecular weight is 412 g/mol. The number of benzene rings is 2. The number of amides is 1. The molecule has 28 heavy (non-hydrogen) atoms. The fraction of sp³-hybridized carbons (Fsp3) is 0.350. The molecule has 0 saturated carbocycles. The molecule has 150 valence electrons. The van der Waals surface area contributed by atoms with Gasteiger partial charge in [-0.15, -0.1) is 0 Å². The number of likely N-dealkylation sites (N-methyl/N-ethyl adjacent to an activating group) is 1. The number of carbonyl (C=O) groups excluding carboxylic acids is 1. The fourth-order valence-electron chi connectivity index (χ4n) is 2.83. The fourth-order valence-corrected chi connectivity index (χ4v) is 3.12. The molecule has 0 unspecified atom stereocenters. The zero-order chi connectivity index (χ0) is 20.1. The summed E-state index contributed by atoms with van der Waals surface area (Å²) in [5.74, 6) is 1.02. The monoisotopic (exact) mass is 411 g/mol. The molecule has 3 rings (SSSR count). The van der Waals surface area contributed by atoms with Gasteiger partial charge in [-0.1, -0.05) is 23.7 Å². The highest BCUT2D eigenvalue weighted by molar-refractivity contribution is 6.32. The Morgan fingerprint density at radius 2 is 1.89 bits per heavy atom. The van der Waals surface area contributed by atoms with Gasteiger partial charge in [0.2, 0.25) is 5.91 Å². The molecule has 0 aliphatic carbocycles. The Morgan fingerprint density at radius 3 is 2.61 bits per heavy atom. The van der Waals surface area contributed by atoms with Crippen LogP contribution < -0.4 is 14.2 Å². The van der Waals surface area contributed by atoms with Crippen LogP contribution in [0, 0.1) is 0 Å². The van der Waals surface area contributed by atoms with Gasteiger partial charge in [0.15, 0.2) is 11.5 Å². The molecule has 0 radical (unpaired) electrons. The largest absolute Gasteiger partial charge is 0.489 e. The molecule has 0 aromatic heterocycles. The topological polar surface area (TPSA) is 48.0 Å². The van der Waals surface area contributed by atoms with Crippen molar-refractivity contribution in [3.63, 3.8) is 0 Å². The molecule has 0 atom stereocenters. The maximum absolute atomic E-state index is 12.6. The maximum atomic E-state index is 12.6. The van der Waals surface area contributed by atoms with Gasteiger partial charge in [-0.3, -0.25) is 4.79 Å². The van der Waals surface area contributed by atoms with E-state index >= 15 is 0 Å². The minimum Gasteiger partial charge on any atom is -0.489 e. The van der Waals surface area contributed by atoms with E-state index in [1.54, 1.807) is 36.2 Å². The van der Waals surface area contributed by atoms with Crippen LogP contribution in [0.1, 0.15) is 17.5 Å². The van der Waals surface area contributed by atoms with Crippen molar-refractivity contribution in [2.75, 3.05) is 20.3 Å². The number of fused-ring (bicyclic) bond motifs is 1. The van der Waals surface area contributed by atoms with Crippen molar-refractivity contribution in [1.82, 2.24) is 4.90 Å². The standard InChI is InChI=1S/C20H20ClF2NO4/c1-24(12-13-3-5-15(6-4-13)28-20(22)23)18(25)11-14-9-16(21)19-17(10-14)26-7-2-8-27-19/h3-6,9-10,20H,2,7-8,11-12H2,1H3. The quantitative estimate of drug-likeness (QED) is 0.711. The molecule has 1 heterocycles. The Balaban J connectivity index is 1.62. The van der Waals surface area contributed by atoms with Crippen molar-refractivity contribution >= 4 is 17.5 Å². The molecular formula is C20H20ClF2NO4. The number of hydrogen-bond donors (Lipinski definition) is 0. The lowest BCUT2D eigenvalue weighted by molar-refractivity contribution is -0.129. The van der Waals surface area contributed by atoms with Crippen molar-refractivity contribution in [1.29, 1.82) is 0 Å². The van der Waals surface area contributed by atoms with Crippen molar-refractivity contribution in [2.45, 2.75) is 26.0 Å². The van der Waals surface area contributed by atoms with Crippen molar-refractivity contribution < 1.29 is 27.8 Å². The van der Waals surface area contributed by atoms with Crippen LogP contribution in [-0.2, 0) is 17.8 Å². The maximum Gasteiger partial charge on any atom is 0.387 e. The first-order chi connectivity index (χ1) is 13.4. The lowest BCUT2D eigenvalue weighted by atomic mass is 10.1. The number of rotatable bonds is 6. The third-order valence-corrected chi connectivity index (χ3v) is 4.49. The summed E-state index contributed by atoms with van der Waals surface area (Å²) in [6, 6.07) is 9.66. The molecule has 0 fully saturated rings. The summed E-state index contributed by atoms with van der Waals surface area (Å²) in [7, 11) is 1.68. The van der Waals surface area contributed by atoms with Crippen molar-refractivity contribution in [3.05, 3.63) is 52.5 Å². The summed E-state index contributed by atoms with van der Waals surface area (Å²) >= 11 is 6.27. The highest BCUT2D eigenvalue weighted by Crippen LogP contribution is 2.38. The smallest absolute Gasteiger partial charge is 0.387 e. The lowest BCUT2D eigenvalue weighted by Gasteiger charge is -2.18. The zero-order valence-corrected chi connectivity index (χ0v) is 16.0. The second-order valence-electron chi connectivity index (χ2n) is 6.40. The molecule has 1 amide bonds. The molecular weight excluding hydrogens is 392 g/mol. The van der Waals surface area contributed by atoms with Crippen LogP contribution in [0.5, 0.6) is 17.2 Å². The molecule has 1 aliphatic rings. The first-order valence-electron chi connectivity index (χ1n) is 8.78. The second-order valence-corrected chi connectivity index (χ2v) is 6.81. The summed E-state index contributed by atoms with van der Waals surface area (Å²) in [4.78, 5) is 14.1. The van der Waals surface area contributed by atoms with E-state index in [0.717, 1.165) is 17.5 Å². The van der Waals surface area contributed by atoms with Crippen LogP contribution in [0.4, 0.5) is 8.78 Å². The van der Waals surface area contributed by atoms with E-state index in [1.165, 1.54) is 12.1 Å². The van der Waals surface area contributed by atoms with Crippen molar-refractivity contribution in [2.24, 2.45) is 0 Å². The van der Waals surface area contributed by atoms with Crippen molar-refractivity contribution in [3.8, 4) is 17.2 Å². The summed E-state index contributed by atoms with van der Waals surface area (Å²) in [5, 5.41) is 0.416. The van der Waals surface area contributed by atoms with Gasteiger partial charge in [0.25, 0.3) is 0 Å². The first kappa shape index (κ1) is 20.2. The summed E-state index contributed by atoms with van der Waals surface area (Å²) in [5.41, 5.74) is 1.53.